The average molecular weight is 587 g/mol. The van der Waals surface area contributed by atoms with Crippen LogP contribution in [-0.2, 0) is 22.4 Å². The van der Waals surface area contributed by atoms with Gasteiger partial charge in [0, 0.05) is 41.2 Å². The number of nitrogens with one attached hydrogen (secondary N) is 1. The molecule has 1 unspecified atom stereocenters. The zero-order valence-electron chi connectivity index (χ0n) is 23.4. The zero-order valence-corrected chi connectivity index (χ0v) is 24.9. The van der Waals surface area contributed by atoms with Gasteiger partial charge in [0.25, 0.3) is 0 Å². The average Bonchev–Trinajstić information content (AvgIpc) is 2.94. The van der Waals surface area contributed by atoms with Crippen molar-refractivity contribution in [2.75, 3.05) is 26.2 Å². The summed E-state index contributed by atoms with van der Waals surface area (Å²) in [6.45, 7) is 6.20. The molecule has 2 aromatic rings. The van der Waals surface area contributed by atoms with Crippen molar-refractivity contribution in [3.05, 3.63) is 93.5 Å². The molecule has 1 aliphatic rings. The topological polar surface area (TPSA) is 95.7 Å². The maximum Gasteiger partial charge on any atom is 0.249 e. The van der Waals surface area contributed by atoms with Crippen LogP contribution in [0.3, 0.4) is 0 Å². The Morgan fingerprint density at radius 1 is 1.10 bits per heavy atom. The van der Waals surface area contributed by atoms with Gasteiger partial charge < -0.3 is 21.1 Å². The van der Waals surface area contributed by atoms with Crippen LogP contribution in [0.2, 0.25) is 10.0 Å². The van der Waals surface area contributed by atoms with Crippen LogP contribution in [-0.4, -0.2) is 54.1 Å². The first-order chi connectivity index (χ1) is 19.2. The molecule has 4 N–H and O–H groups in total. The number of amides is 2. The Balaban J connectivity index is 1.82. The van der Waals surface area contributed by atoms with E-state index in [1.807, 2.05) is 55.1 Å². The highest BCUT2D eigenvalue weighted by atomic mass is 35.5. The number of aliphatic hydroxyl groups excluding tert-OH is 1. The van der Waals surface area contributed by atoms with Crippen LogP contribution in [0, 0.1) is 11.3 Å². The van der Waals surface area contributed by atoms with Crippen molar-refractivity contribution in [1.29, 1.82) is 0 Å². The van der Waals surface area contributed by atoms with Gasteiger partial charge in [-0.25, -0.2) is 0 Å². The summed E-state index contributed by atoms with van der Waals surface area (Å²) in [6.07, 6.45) is 7.32. The molecule has 8 heteroatoms. The summed E-state index contributed by atoms with van der Waals surface area (Å²) in [5.74, 6) is -1.19. The number of hydrogen-bond donors (Lipinski definition) is 3. The summed E-state index contributed by atoms with van der Waals surface area (Å²) in [7, 11) is 0. The monoisotopic (exact) mass is 585 g/mol. The highest BCUT2D eigenvalue weighted by Crippen LogP contribution is 2.43. The predicted octanol–water partition coefficient (Wildman–Crippen LogP) is 5.35. The second-order valence-corrected chi connectivity index (χ2v) is 11.3. The van der Waals surface area contributed by atoms with Gasteiger partial charge in [0.2, 0.25) is 11.8 Å². The third-order valence-corrected chi connectivity index (χ3v) is 8.13. The Labute approximate surface area is 248 Å². The number of halogens is 2. The SMILES string of the molecule is CCCN(CCC)C(=O)C1=CC=CC(C(N)=O)([C@H](Cc2ccccc2)[C@@H](O)CNCCc2ccc(Cl)cc2Cl)C1. The minimum absolute atomic E-state index is 0.0791. The van der Waals surface area contributed by atoms with E-state index in [4.69, 9.17) is 28.9 Å². The van der Waals surface area contributed by atoms with E-state index in [9.17, 15) is 14.7 Å². The van der Waals surface area contributed by atoms with Crippen molar-refractivity contribution >= 4 is 35.0 Å². The van der Waals surface area contributed by atoms with Crippen LogP contribution >= 0.6 is 23.2 Å². The standard InChI is InChI=1S/C32H41Cl2N3O3/c1-3-17-37(18-4-2)30(39)25-11-8-15-32(21-25,31(35)40)27(19-23-9-6-5-7-10-23)29(38)22-36-16-14-24-12-13-26(33)20-28(24)34/h5-13,15,20,27,29,36,38H,3-4,14,16-19,21-22H2,1-2H3,(H2,35,40)/t27-,29+,32?/m1/s1. The number of carbonyl (C=O) groups excluding carboxylic acids is 2. The highest BCUT2D eigenvalue weighted by molar-refractivity contribution is 6.35. The molecule has 2 aromatic carbocycles. The fourth-order valence-electron chi connectivity index (χ4n) is 5.45. The van der Waals surface area contributed by atoms with Gasteiger partial charge in [-0.15, -0.1) is 0 Å². The van der Waals surface area contributed by atoms with Crippen molar-refractivity contribution in [3.8, 4) is 0 Å². The van der Waals surface area contributed by atoms with Crippen LogP contribution in [0.5, 0.6) is 0 Å². The van der Waals surface area contributed by atoms with Crippen molar-refractivity contribution in [1.82, 2.24) is 10.2 Å². The molecular formula is C32H41Cl2N3O3. The van der Waals surface area contributed by atoms with Gasteiger partial charge >= 0.3 is 0 Å². The van der Waals surface area contributed by atoms with E-state index < -0.39 is 23.3 Å². The molecule has 6 nitrogen and oxygen atoms in total. The number of nitrogens with two attached hydrogens (primary N) is 1. The third kappa shape index (κ3) is 8.20. The first-order valence-corrected chi connectivity index (χ1v) is 14.8. The van der Waals surface area contributed by atoms with E-state index in [2.05, 4.69) is 5.32 Å². The summed E-state index contributed by atoms with van der Waals surface area (Å²) in [4.78, 5) is 28.6. The summed E-state index contributed by atoms with van der Waals surface area (Å²) in [5, 5.41) is 16.1. The lowest BCUT2D eigenvalue weighted by molar-refractivity contribution is -0.132. The minimum Gasteiger partial charge on any atom is -0.391 e. The van der Waals surface area contributed by atoms with Crippen LogP contribution in [0.15, 0.2) is 72.3 Å². The van der Waals surface area contributed by atoms with E-state index in [0.717, 1.165) is 24.0 Å². The maximum atomic E-state index is 13.5. The van der Waals surface area contributed by atoms with Gasteiger partial charge in [0.1, 0.15) is 0 Å². The second kappa shape index (κ2) is 15.4. The molecule has 0 saturated carbocycles. The zero-order chi connectivity index (χ0) is 29.1. The number of hydrogen-bond acceptors (Lipinski definition) is 4. The molecule has 40 heavy (non-hydrogen) atoms. The Morgan fingerprint density at radius 2 is 1.80 bits per heavy atom. The van der Waals surface area contributed by atoms with Crippen LogP contribution in [0.1, 0.15) is 44.2 Å². The van der Waals surface area contributed by atoms with E-state index >= 15 is 0 Å². The first-order valence-electron chi connectivity index (χ1n) is 14.1. The van der Waals surface area contributed by atoms with Gasteiger partial charge in [0.15, 0.2) is 0 Å². The van der Waals surface area contributed by atoms with Gasteiger partial charge in [0.05, 0.1) is 11.5 Å². The molecule has 1 aliphatic carbocycles. The molecule has 0 spiro atoms. The number of primary amides is 1. The second-order valence-electron chi connectivity index (χ2n) is 10.5. The Hall–Kier alpha value is -2.64. The number of carbonyl (C=O) groups is 2. The van der Waals surface area contributed by atoms with Crippen LogP contribution in [0.25, 0.3) is 0 Å². The Bertz CT molecular complexity index is 1200. The summed E-state index contributed by atoms with van der Waals surface area (Å²) in [5.41, 5.74) is 7.36. The molecular weight excluding hydrogens is 545 g/mol. The lowest BCUT2D eigenvalue weighted by atomic mass is 9.64. The largest absolute Gasteiger partial charge is 0.391 e. The normalized spacial score (nSPS) is 18.2. The van der Waals surface area contributed by atoms with Crippen molar-refractivity contribution in [2.24, 2.45) is 17.1 Å². The molecule has 0 aliphatic heterocycles. The van der Waals surface area contributed by atoms with E-state index in [1.54, 1.807) is 30.4 Å². The maximum absolute atomic E-state index is 13.5. The van der Waals surface area contributed by atoms with Crippen molar-refractivity contribution < 1.29 is 14.7 Å². The molecule has 0 heterocycles. The van der Waals surface area contributed by atoms with Crippen molar-refractivity contribution in [2.45, 2.75) is 52.1 Å². The molecule has 216 valence electrons. The molecule has 3 rings (SSSR count). The predicted molar refractivity (Wildman–Crippen MR) is 163 cm³/mol. The van der Waals surface area contributed by atoms with Gasteiger partial charge in [-0.2, -0.15) is 0 Å². The molecule has 0 aromatic heterocycles. The highest BCUT2D eigenvalue weighted by Gasteiger charge is 2.47. The number of benzene rings is 2. The van der Waals surface area contributed by atoms with Gasteiger partial charge in [-0.3, -0.25) is 9.59 Å². The van der Waals surface area contributed by atoms with Gasteiger partial charge in [-0.1, -0.05) is 91.7 Å². The quantitative estimate of drug-likeness (QED) is 0.245. The van der Waals surface area contributed by atoms with Crippen LogP contribution < -0.4 is 11.1 Å². The van der Waals surface area contributed by atoms with Crippen molar-refractivity contribution in [3.63, 3.8) is 0 Å². The summed E-state index contributed by atoms with van der Waals surface area (Å²) >= 11 is 12.3. The molecule has 0 radical (unpaired) electrons. The Morgan fingerprint density at radius 3 is 2.42 bits per heavy atom. The van der Waals surface area contributed by atoms with E-state index in [-0.39, 0.29) is 18.9 Å². The smallest absolute Gasteiger partial charge is 0.249 e. The summed E-state index contributed by atoms with van der Waals surface area (Å²) in [6, 6.07) is 15.1. The first kappa shape index (κ1) is 31.9. The summed E-state index contributed by atoms with van der Waals surface area (Å²) < 4.78 is 0. The fourth-order valence-corrected chi connectivity index (χ4v) is 5.95. The number of rotatable bonds is 15. The Kier molecular flexibility index (Phi) is 12.3. The molecule has 0 fully saturated rings. The molecule has 0 bridgehead atoms. The third-order valence-electron chi connectivity index (χ3n) is 7.55. The minimum atomic E-state index is -1.22. The number of aliphatic hydroxyl groups is 1. The number of nitrogens with zero attached hydrogens (tertiary/aromatic N) is 1. The lowest BCUT2D eigenvalue weighted by Crippen LogP contribution is -2.51. The fraction of sp³-hybridized carbons (Fsp3) is 0.438. The van der Waals surface area contributed by atoms with Crippen LogP contribution in [0.4, 0.5) is 0 Å². The van der Waals surface area contributed by atoms with E-state index in [1.165, 1.54) is 0 Å². The molecule has 3 atom stereocenters. The lowest BCUT2D eigenvalue weighted by Gasteiger charge is -2.41. The number of allylic oxidation sites excluding steroid dienone is 2. The molecule has 0 saturated heterocycles. The van der Waals surface area contributed by atoms with Gasteiger partial charge in [-0.05, 0) is 61.9 Å². The molecule has 2 amide bonds. The van der Waals surface area contributed by atoms with E-state index in [0.29, 0.717) is 48.1 Å².